The predicted octanol–water partition coefficient (Wildman–Crippen LogP) is -0.666. The van der Waals surface area contributed by atoms with Crippen LogP contribution in [0, 0.1) is 0 Å². The first-order valence-corrected chi connectivity index (χ1v) is 4.39. The number of hydrogen-bond donors (Lipinski definition) is 2. The number of nitrogens with two attached hydrogens (primary N) is 1. The highest BCUT2D eigenvalue weighted by Crippen LogP contribution is 1.96. The Bertz CT molecular complexity index is 235. The van der Waals surface area contributed by atoms with Gasteiger partial charge in [0.2, 0.25) is 0 Å². The second-order valence-corrected chi connectivity index (χ2v) is 2.90. The Kier molecular flexibility index (Phi) is 2.58. The zero-order chi connectivity index (χ0) is 8.27. The van der Waals surface area contributed by atoms with Gasteiger partial charge >= 0.3 is 0 Å². The topological polar surface area (TPSA) is 79.8 Å². The third kappa shape index (κ3) is 2.01. The fraction of sp³-hybridized carbons (Fsp3) is 0.600. The zero-order valence-electron chi connectivity index (χ0n) is 6.20. The molecule has 0 aliphatic carbocycles. The number of hydrogen-bond acceptors (Lipinski definition) is 3. The molecule has 0 spiro atoms. The molecule has 3 N–H and O–H groups in total. The molecule has 62 valence electrons. The van der Waals surface area contributed by atoms with Gasteiger partial charge in [0, 0.05) is 6.54 Å². The van der Waals surface area contributed by atoms with Crippen molar-refractivity contribution in [3.63, 3.8) is 0 Å². The average molecular weight is 174 g/mol. The lowest BCUT2D eigenvalue weighted by molar-refractivity contribution is 0.686. The van der Waals surface area contributed by atoms with Crippen molar-refractivity contribution in [2.75, 3.05) is 6.54 Å². The summed E-state index contributed by atoms with van der Waals surface area (Å²) in [6, 6.07) is 0. The van der Waals surface area contributed by atoms with Gasteiger partial charge in [-0.3, -0.25) is 0 Å². The van der Waals surface area contributed by atoms with E-state index in [1.807, 2.05) is 6.92 Å². The Morgan fingerprint density at radius 2 is 2.36 bits per heavy atom. The Balaban J connectivity index is 2.53. The van der Waals surface area contributed by atoms with Gasteiger partial charge in [-0.05, 0) is 6.42 Å². The maximum atomic E-state index is 10.6. The highest BCUT2D eigenvalue weighted by atomic mass is 32.2. The van der Waals surface area contributed by atoms with Crippen molar-refractivity contribution < 1.29 is 4.21 Å². The summed E-state index contributed by atoms with van der Waals surface area (Å²) in [5, 5.41) is 2.91. The highest BCUT2D eigenvalue weighted by Gasteiger charge is 2.13. The summed E-state index contributed by atoms with van der Waals surface area (Å²) in [4.78, 5) is 0. The molecule has 0 aromatic rings. The van der Waals surface area contributed by atoms with E-state index in [0.717, 1.165) is 13.0 Å². The summed E-state index contributed by atoms with van der Waals surface area (Å²) in [5.41, 5.74) is 5.37. The van der Waals surface area contributed by atoms with E-state index in [1.54, 1.807) is 0 Å². The molecule has 1 aliphatic rings. The van der Waals surface area contributed by atoms with Crippen LogP contribution in [0.2, 0.25) is 0 Å². The zero-order valence-corrected chi connectivity index (χ0v) is 7.02. The molecule has 1 unspecified atom stereocenters. The van der Waals surface area contributed by atoms with Gasteiger partial charge in [-0.25, -0.2) is 4.21 Å². The fourth-order valence-electron chi connectivity index (χ4n) is 0.639. The first-order valence-electron chi connectivity index (χ1n) is 3.33. The molecule has 0 bridgehead atoms. The molecule has 1 atom stereocenters. The molecule has 5 nitrogen and oxygen atoms in total. The number of rotatable bonds is 2. The van der Waals surface area contributed by atoms with Gasteiger partial charge in [0.15, 0.2) is 11.7 Å². The van der Waals surface area contributed by atoms with E-state index in [1.165, 1.54) is 0 Å². The second-order valence-electron chi connectivity index (χ2n) is 2.07. The van der Waals surface area contributed by atoms with E-state index in [2.05, 4.69) is 14.1 Å². The first kappa shape index (κ1) is 8.19. The Hall–Kier alpha value is -0.910. The van der Waals surface area contributed by atoms with Gasteiger partial charge in [0.1, 0.15) is 0 Å². The molecular formula is C5H10N4OS. The number of nitrogens with one attached hydrogen (secondary N) is 1. The normalized spacial score (nSPS) is 22.8. The summed E-state index contributed by atoms with van der Waals surface area (Å²) in [5.74, 6) is 0.682. The molecule has 0 fully saturated rings. The molecule has 1 rings (SSSR count). The Morgan fingerprint density at radius 3 is 2.82 bits per heavy atom. The second kappa shape index (κ2) is 3.47. The van der Waals surface area contributed by atoms with Gasteiger partial charge in [0.05, 0.1) is 0 Å². The van der Waals surface area contributed by atoms with Crippen molar-refractivity contribution in [1.29, 1.82) is 0 Å². The molecule has 0 aromatic heterocycles. The minimum Gasteiger partial charge on any atom is -0.380 e. The predicted molar refractivity (Wildman–Crippen MR) is 45.5 cm³/mol. The van der Waals surface area contributed by atoms with Crippen LogP contribution in [0.3, 0.4) is 0 Å². The molecule has 1 heterocycles. The molecule has 1 aliphatic heterocycles. The monoisotopic (exact) mass is 174 g/mol. The van der Waals surface area contributed by atoms with Crippen molar-refractivity contribution in [1.82, 2.24) is 5.32 Å². The average Bonchev–Trinajstić information content (AvgIpc) is 2.26. The van der Waals surface area contributed by atoms with Gasteiger partial charge < -0.3 is 11.1 Å². The molecule has 0 saturated carbocycles. The van der Waals surface area contributed by atoms with Crippen LogP contribution in [0.15, 0.2) is 8.80 Å². The van der Waals surface area contributed by atoms with Crippen LogP contribution in [0.4, 0.5) is 0 Å². The van der Waals surface area contributed by atoms with Crippen LogP contribution in [-0.4, -0.2) is 22.4 Å². The lowest BCUT2D eigenvalue weighted by atomic mass is 10.4. The standard InChI is InChI=1S/C5H10N4OS/c1-2-3-7-5-4(6)8-11(10)9-5/h2-3H2,1H3,(H2,6,8)(H,7,9). The summed E-state index contributed by atoms with van der Waals surface area (Å²) in [6.45, 7) is 2.79. The minimum atomic E-state index is -1.50. The summed E-state index contributed by atoms with van der Waals surface area (Å²) < 4.78 is 17.8. The number of amidine groups is 2. The summed E-state index contributed by atoms with van der Waals surface area (Å²) >= 11 is -1.50. The third-order valence-electron chi connectivity index (χ3n) is 1.13. The largest absolute Gasteiger partial charge is 0.380 e. The van der Waals surface area contributed by atoms with Crippen molar-refractivity contribution in [2.45, 2.75) is 13.3 Å². The maximum absolute atomic E-state index is 10.6. The molecule has 0 radical (unpaired) electrons. The van der Waals surface area contributed by atoms with Crippen molar-refractivity contribution in [3.05, 3.63) is 0 Å². The summed E-state index contributed by atoms with van der Waals surface area (Å²) in [7, 11) is 0. The first-order chi connectivity index (χ1) is 5.24. The maximum Gasteiger partial charge on any atom is 0.269 e. The molecule has 6 heteroatoms. The van der Waals surface area contributed by atoms with Gasteiger partial charge in [0.25, 0.3) is 11.2 Å². The SMILES string of the molecule is CCCNC1=NS(=O)N=C1N. The molecule has 0 amide bonds. The van der Waals surface area contributed by atoms with Crippen molar-refractivity contribution >= 4 is 22.8 Å². The van der Waals surface area contributed by atoms with Gasteiger partial charge in [-0.15, -0.1) is 8.80 Å². The van der Waals surface area contributed by atoms with Crippen molar-refractivity contribution in [3.8, 4) is 0 Å². The van der Waals surface area contributed by atoms with Crippen LogP contribution < -0.4 is 11.1 Å². The molecule has 0 saturated heterocycles. The molecular weight excluding hydrogens is 164 g/mol. The van der Waals surface area contributed by atoms with Gasteiger partial charge in [-0.1, -0.05) is 6.92 Å². The van der Waals surface area contributed by atoms with Crippen LogP contribution in [0.25, 0.3) is 0 Å². The molecule has 0 aromatic carbocycles. The van der Waals surface area contributed by atoms with E-state index < -0.39 is 11.2 Å². The van der Waals surface area contributed by atoms with Crippen LogP contribution >= 0.6 is 0 Å². The van der Waals surface area contributed by atoms with Crippen LogP contribution in [-0.2, 0) is 11.2 Å². The minimum absolute atomic E-state index is 0.233. The molecule has 11 heavy (non-hydrogen) atoms. The van der Waals surface area contributed by atoms with Gasteiger partial charge in [-0.2, -0.15) is 0 Å². The van der Waals surface area contributed by atoms with Crippen molar-refractivity contribution in [2.24, 2.45) is 14.5 Å². The smallest absolute Gasteiger partial charge is 0.269 e. The van der Waals surface area contributed by atoms with E-state index in [0.29, 0.717) is 5.84 Å². The Labute approximate surface area is 67.5 Å². The van der Waals surface area contributed by atoms with Crippen LogP contribution in [0.5, 0.6) is 0 Å². The lowest BCUT2D eigenvalue weighted by Gasteiger charge is -2.00. The quantitative estimate of drug-likeness (QED) is 0.583. The number of nitrogens with zero attached hydrogens (tertiary/aromatic N) is 2. The van der Waals surface area contributed by atoms with E-state index in [-0.39, 0.29) is 5.84 Å². The third-order valence-corrected chi connectivity index (χ3v) is 1.82. The van der Waals surface area contributed by atoms with Crippen LogP contribution in [0.1, 0.15) is 13.3 Å². The van der Waals surface area contributed by atoms with E-state index >= 15 is 0 Å². The lowest BCUT2D eigenvalue weighted by Crippen LogP contribution is -2.34. The summed E-state index contributed by atoms with van der Waals surface area (Å²) in [6.07, 6.45) is 0.971. The highest BCUT2D eigenvalue weighted by molar-refractivity contribution is 7.83. The van der Waals surface area contributed by atoms with E-state index in [4.69, 9.17) is 5.73 Å². The fourth-order valence-corrected chi connectivity index (χ4v) is 1.25. The van der Waals surface area contributed by atoms with E-state index in [9.17, 15) is 4.21 Å². The Morgan fingerprint density at radius 1 is 1.64 bits per heavy atom.